The Kier molecular flexibility index (Phi) is 5.12. The van der Waals surface area contributed by atoms with Crippen LogP contribution in [0.3, 0.4) is 0 Å². The number of amides is 1. The quantitative estimate of drug-likeness (QED) is 0.855. The SMILES string of the molecule is C[C@@H]1CN(C(=O)c2ccc(COCC(F)(F)F)o2)C[C@H](C)O1. The Morgan fingerprint density at radius 1 is 1.32 bits per heavy atom. The van der Waals surface area contributed by atoms with Crippen LogP contribution in [0.1, 0.15) is 30.2 Å². The number of ether oxygens (including phenoxy) is 2. The van der Waals surface area contributed by atoms with Gasteiger partial charge in [0.2, 0.25) is 0 Å². The topological polar surface area (TPSA) is 51.9 Å². The number of hydrogen-bond donors (Lipinski definition) is 0. The molecule has 0 unspecified atom stereocenters. The van der Waals surface area contributed by atoms with Crippen molar-refractivity contribution in [3.63, 3.8) is 0 Å². The van der Waals surface area contributed by atoms with Crippen LogP contribution < -0.4 is 0 Å². The maximum Gasteiger partial charge on any atom is 0.411 e. The van der Waals surface area contributed by atoms with Crippen LogP contribution in [0.15, 0.2) is 16.5 Å². The average Bonchev–Trinajstić information content (AvgIpc) is 2.84. The van der Waals surface area contributed by atoms with E-state index in [4.69, 9.17) is 9.15 Å². The molecular weight excluding hydrogens is 303 g/mol. The van der Waals surface area contributed by atoms with Gasteiger partial charge in [0.25, 0.3) is 5.91 Å². The van der Waals surface area contributed by atoms with Crippen LogP contribution in [-0.4, -0.2) is 48.9 Å². The van der Waals surface area contributed by atoms with Gasteiger partial charge in [-0.2, -0.15) is 13.2 Å². The molecule has 0 saturated carbocycles. The zero-order chi connectivity index (χ0) is 16.3. The molecule has 0 spiro atoms. The highest BCUT2D eigenvalue weighted by molar-refractivity contribution is 5.91. The fraction of sp³-hybridized carbons (Fsp3) is 0.643. The minimum absolute atomic E-state index is 0.0720. The molecule has 1 aliphatic rings. The number of hydrogen-bond acceptors (Lipinski definition) is 4. The molecule has 0 aliphatic carbocycles. The van der Waals surface area contributed by atoms with Crippen LogP contribution in [0.5, 0.6) is 0 Å². The fourth-order valence-corrected chi connectivity index (χ4v) is 2.34. The Morgan fingerprint density at radius 2 is 1.95 bits per heavy atom. The van der Waals surface area contributed by atoms with Gasteiger partial charge in [-0.15, -0.1) is 0 Å². The van der Waals surface area contributed by atoms with Crippen LogP contribution in [0, 0.1) is 0 Å². The van der Waals surface area contributed by atoms with Crippen molar-refractivity contribution in [1.29, 1.82) is 0 Å². The Bertz CT molecular complexity index is 504. The van der Waals surface area contributed by atoms with E-state index in [0.29, 0.717) is 13.1 Å². The zero-order valence-electron chi connectivity index (χ0n) is 12.4. The number of furan rings is 1. The van der Waals surface area contributed by atoms with Crippen molar-refractivity contribution >= 4 is 5.91 Å². The van der Waals surface area contributed by atoms with Gasteiger partial charge in [-0.25, -0.2) is 0 Å². The molecular formula is C14H18F3NO4. The fourth-order valence-electron chi connectivity index (χ4n) is 2.34. The van der Waals surface area contributed by atoms with Crippen LogP contribution in [0.4, 0.5) is 13.2 Å². The third-order valence-corrected chi connectivity index (χ3v) is 3.09. The molecule has 2 atom stereocenters. The zero-order valence-corrected chi connectivity index (χ0v) is 12.4. The molecule has 22 heavy (non-hydrogen) atoms. The van der Waals surface area contributed by atoms with Crippen molar-refractivity contribution in [3.8, 4) is 0 Å². The molecule has 1 aromatic heterocycles. The van der Waals surface area contributed by atoms with Crippen LogP contribution in [0.2, 0.25) is 0 Å². The standard InChI is InChI=1S/C14H18F3NO4/c1-9-5-18(6-10(2)21-9)13(19)12-4-3-11(22-12)7-20-8-14(15,16)17/h3-4,9-10H,5-8H2,1-2H3/t9-,10+. The number of carbonyl (C=O) groups is 1. The van der Waals surface area contributed by atoms with Gasteiger partial charge in [0.1, 0.15) is 19.0 Å². The van der Waals surface area contributed by atoms with E-state index in [1.807, 2.05) is 13.8 Å². The average molecular weight is 321 g/mol. The first-order valence-corrected chi connectivity index (χ1v) is 6.92. The molecule has 1 aromatic rings. The lowest BCUT2D eigenvalue weighted by atomic mass is 10.2. The molecule has 1 aliphatic heterocycles. The molecule has 8 heteroatoms. The van der Waals surface area contributed by atoms with Crippen molar-refractivity contribution in [2.75, 3.05) is 19.7 Å². The first-order valence-electron chi connectivity index (χ1n) is 6.92. The van der Waals surface area contributed by atoms with Crippen LogP contribution in [0.25, 0.3) is 0 Å². The summed E-state index contributed by atoms with van der Waals surface area (Å²) >= 11 is 0. The summed E-state index contributed by atoms with van der Waals surface area (Å²) in [6.07, 6.45) is -4.53. The Labute approximate surface area is 126 Å². The van der Waals surface area contributed by atoms with E-state index in [1.165, 1.54) is 12.1 Å². The van der Waals surface area contributed by atoms with Crippen molar-refractivity contribution in [3.05, 3.63) is 23.7 Å². The molecule has 1 fully saturated rings. The van der Waals surface area contributed by atoms with Gasteiger partial charge in [-0.05, 0) is 26.0 Å². The van der Waals surface area contributed by atoms with Crippen molar-refractivity contribution in [2.24, 2.45) is 0 Å². The van der Waals surface area contributed by atoms with E-state index in [2.05, 4.69) is 4.74 Å². The second-order valence-corrected chi connectivity index (χ2v) is 5.34. The van der Waals surface area contributed by atoms with Gasteiger partial charge in [0.15, 0.2) is 5.76 Å². The number of morpholine rings is 1. The van der Waals surface area contributed by atoms with Gasteiger partial charge in [0.05, 0.1) is 12.2 Å². The number of halogens is 3. The molecule has 0 N–H and O–H groups in total. The summed E-state index contributed by atoms with van der Waals surface area (Å²) in [6.45, 7) is 2.95. The second-order valence-electron chi connectivity index (χ2n) is 5.34. The molecule has 0 radical (unpaired) electrons. The summed E-state index contributed by atoms with van der Waals surface area (Å²) in [6, 6.07) is 2.89. The van der Waals surface area contributed by atoms with Crippen molar-refractivity contribution in [1.82, 2.24) is 4.90 Å². The number of alkyl halides is 3. The number of rotatable bonds is 4. The molecule has 5 nitrogen and oxygen atoms in total. The summed E-state index contributed by atoms with van der Waals surface area (Å²) in [5, 5.41) is 0. The van der Waals surface area contributed by atoms with Crippen molar-refractivity contribution in [2.45, 2.75) is 38.8 Å². The highest BCUT2D eigenvalue weighted by Crippen LogP contribution is 2.18. The largest absolute Gasteiger partial charge is 0.453 e. The van der Waals surface area contributed by atoms with E-state index in [0.717, 1.165) is 0 Å². The molecule has 124 valence electrons. The lowest BCUT2D eigenvalue weighted by Crippen LogP contribution is -2.48. The van der Waals surface area contributed by atoms with E-state index in [9.17, 15) is 18.0 Å². The van der Waals surface area contributed by atoms with Gasteiger partial charge in [-0.3, -0.25) is 4.79 Å². The lowest BCUT2D eigenvalue weighted by molar-refractivity contribution is -0.177. The molecule has 0 bridgehead atoms. The Balaban J connectivity index is 1.91. The van der Waals surface area contributed by atoms with Gasteiger partial charge < -0.3 is 18.8 Å². The Hall–Kier alpha value is -1.54. The normalized spacial score (nSPS) is 22.9. The summed E-state index contributed by atoms with van der Waals surface area (Å²) in [5.74, 6) is -0.0297. The number of carbonyl (C=O) groups excluding carboxylic acids is 1. The third-order valence-electron chi connectivity index (χ3n) is 3.09. The summed E-state index contributed by atoms with van der Waals surface area (Å²) in [7, 11) is 0. The third kappa shape index (κ3) is 4.74. The van der Waals surface area contributed by atoms with Gasteiger partial charge in [0, 0.05) is 13.1 Å². The molecule has 1 saturated heterocycles. The van der Waals surface area contributed by atoms with E-state index >= 15 is 0 Å². The highest BCUT2D eigenvalue weighted by atomic mass is 19.4. The molecule has 0 aromatic carbocycles. The van der Waals surface area contributed by atoms with Crippen LogP contribution in [-0.2, 0) is 16.1 Å². The predicted octanol–water partition coefficient (Wildman–Crippen LogP) is 2.61. The van der Waals surface area contributed by atoms with E-state index < -0.39 is 12.8 Å². The smallest absolute Gasteiger partial charge is 0.411 e. The van der Waals surface area contributed by atoms with Crippen LogP contribution >= 0.6 is 0 Å². The Morgan fingerprint density at radius 3 is 2.55 bits per heavy atom. The second kappa shape index (κ2) is 6.70. The van der Waals surface area contributed by atoms with Gasteiger partial charge in [-0.1, -0.05) is 0 Å². The lowest BCUT2D eigenvalue weighted by Gasteiger charge is -2.34. The number of nitrogens with zero attached hydrogens (tertiary/aromatic N) is 1. The highest BCUT2D eigenvalue weighted by Gasteiger charge is 2.29. The maximum absolute atomic E-state index is 12.3. The minimum atomic E-state index is -4.38. The predicted molar refractivity (Wildman–Crippen MR) is 70.3 cm³/mol. The summed E-state index contributed by atoms with van der Waals surface area (Å²) in [4.78, 5) is 13.9. The van der Waals surface area contributed by atoms with E-state index in [1.54, 1.807) is 4.90 Å². The summed E-state index contributed by atoms with van der Waals surface area (Å²) in [5.41, 5.74) is 0. The monoisotopic (exact) mass is 321 g/mol. The molecule has 1 amide bonds. The minimum Gasteiger partial charge on any atom is -0.453 e. The molecule has 2 rings (SSSR count). The van der Waals surface area contributed by atoms with E-state index in [-0.39, 0.29) is 36.2 Å². The first kappa shape index (κ1) is 16.8. The summed E-state index contributed by atoms with van der Waals surface area (Å²) < 4.78 is 51.2. The molecule has 2 heterocycles. The van der Waals surface area contributed by atoms with Crippen molar-refractivity contribution < 1.29 is 31.9 Å². The van der Waals surface area contributed by atoms with Gasteiger partial charge >= 0.3 is 6.18 Å². The first-order chi connectivity index (χ1) is 10.2. The maximum atomic E-state index is 12.3.